The second-order valence-corrected chi connectivity index (χ2v) is 15.9. The Labute approximate surface area is 354 Å². The number of phenolic OH excluding ortho intramolecular Hbond substituents is 5. The predicted molar refractivity (Wildman–Crippen MR) is 246 cm³/mol. The molecular weight excluding hydrogens is 757 g/mol. The van der Waals surface area contributed by atoms with Gasteiger partial charge in [0.05, 0.1) is 5.56 Å². The molecule has 0 aromatic heterocycles. The van der Waals surface area contributed by atoms with Gasteiger partial charge in [-0.3, -0.25) is 0 Å². The molecule has 1 aliphatic heterocycles. The molecule has 6 aromatic carbocycles. The summed E-state index contributed by atoms with van der Waals surface area (Å²) in [6.07, 6.45) is 17.2. The summed E-state index contributed by atoms with van der Waals surface area (Å²) >= 11 is 0. The normalized spacial score (nSPS) is 17.5. The molecule has 9 heteroatoms. The summed E-state index contributed by atoms with van der Waals surface area (Å²) < 4.78 is 0. The molecule has 10 rings (SSSR count). The van der Waals surface area contributed by atoms with Gasteiger partial charge < -0.3 is 30.8 Å². The van der Waals surface area contributed by atoms with Gasteiger partial charge in [0.1, 0.15) is 31.3 Å². The van der Waals surface area contributed by atoms with E-state index in [2.05, 4.69) is 66.0 Å². The van der Waals surface area contributed by atoms with E-state index in [0.717, 1.165) is 47.1 Å². The number of nitrogens with zero attached hydrogens (tertiary/aromatic N) is 2. The minimum absolute atomic E-state index is 0.0333. The van der Waals surface area contributed by atoms with E-state index in [1.165, 1.54) is 11.1 Å². The summed E-state index contributed by atoms with van der Waals surface area (Å²) in [5.74, 6) is -0.985. The van der Waals surface area contributed by atoms with Gasteiger partial charge in [0.25, 0.3) is 0 Å². The number of rotatable bonds is 7. The zero-order valence-corrected chi connectivity index (χ0v) is 33.5. The Morgan fingerprint density at radius 2 is 1.31 bits per heavy atom. The summed E-state index contributed by atoms with van der Waals surface area (Å²) in [4.78, 5) is 10.2. The van der Waals surface area contributed by atoms with Crippen LogP contribution >= 0.6 is 0 Å². The molecule has 4 aliphatic rings. The van der Waals surface area contributed by atoms with Crippen molar-refractivity contribution in [1.82, 2.24) is 5.32 Å². The highest BCUT2D eigenvalue weighted by atomic mass is 16.3. The fourth-order valence-electron chi connectivity index (χ4n) is 9.18. The lowest BCUT2D eigenvalue weighted by Gasteiger charge is -2.28. The van der Waals surface area contributed by atoms with Gasteiger partial charge in [-0.05, 0) is 58.1 Å². The van der Waals surface area contributed by atoms with Crippen molar-refractivity contribution in [3.63, 3.8) is 0 Å². The highest BCUT2D eigenvalue weighted by Gasteiger charge is 2.38. The molecule has 298 valence electrons. The van der Waals surface area contributed by atoms with Crippen LogP contribution in [-0.2, 0) is 6.42 Å². The monoisotopic (exact) mass is 799 g/mol. The maximum atomic E-state index is 12.4. The minimum atomic E-state index is -0.673. The van der Waals surface area contributed by atoms with E-state index in [9.17, 15) is 25.5 Å². The number of fused-ring (bicyclic) bond motifs is 3. The Morgan fingerprint density at radius 3 is 2.02 bits per heavy atom. The van der Waals surface area contributed by atoms with Gasteiger partial charge in [-0.1, -0.05) is 146 Å². The third kappa shape index (κ3) is 6.50. The van der Waals surface area contributed by atoms with Crippen molar-refractivity contribution < 1.29 is 25.5 Å². The number of aliphatic imine (C=N–C) groups is 2. The molecule has 0 radical (unpaired) electrons. The van der Waals surface area contributed by atoms with Crippen LogP contribution in [0, 0.1) is 0 Å². The van der Waals surface area contributed by atoms with Crippen LogP contribution < -0.4 is 10.8 Å². The van der Waals surface area contributed by atoms with Crippen LogP contribution in [0.4, 0.5) is 0 Å². The molecular formula is C52H42BN3O5. The second kappa shape index (κ2) is 15.3. The first-order chi connectivity index (χ1) is 29.8. The Balaban J connectivity index is 1.13. The molecule has 2 atom stereocenters. The van der Waals surface area contributed by atoms with Crippen molar-refractivity contribution in [2.45, 2.75) is 37.8 Å². The maximum Gasteiger partial charge on any atom is 0.201 e. The largest absolute Gasteiger partial charge is 0.508 e. The molecule has 1 heterocycles. The number of aromatic hydroxyl groups is 5. The van der Waals surface area contributed by atoms with E-state index in [4.69, 9.17) is 9.98 Å². The van der Waals surface area contributed by atoms with E-state index in [1.54, 1.807) is 7.85 Å². The predicted octanol–water partition coefficient (Wildman–Crippen LogP) is 9.21. The Bertz CT molecular complexity index is 2950. The number of nitrogens with one attached hydrogen (secondary N) is 1. The van der Waals surface area contributed by atoms with E-state index in [1.807, 2.05) is 84.9 Å². The van der Waals surface area contributed by atoms with E-state index >= 15 is 0 Å². The topological polar surface area (TPSA) is 138 Å². The molecule has 3 aliphatic carbocycles. The maximum absolute atomic E-state index is 12.4. The van der Waals surface area contributed by atoms with Crippen molar-refractivity contribution in [2.24, 2.45) is 9.98 Å². The number of benzene rings is 6. The Hall–Kier alpha value is -7.52. The smallest absolute Gasteiger partial charge is 0.201 e. The number of amidine groups is 2. The third-order valence-corrected chi connectivity index (χ3v) is 12.4. The summed E-state index contributed by atoms with van der Waals surface area (Å²) in [5, 5.41) is 62.2. The molecule has 2 unspecified atom stereocenters. The van der Waals surface area contributed by atoms with Gasteiger partial charge in [-0.25, -0.2) is 9.98 Å². The van der Waals surface area contributed by atoms with Crippen LogP contribution in [0.25, 0.3) is 39.0 Å². The van der Waals surface area contributed by atoms with Crippen molar-refractivity contribution in [3.05, 3.63) is 185 Å². The zero-order valence-electron chi connectivity index (χ0n) is 33.5. The van der Waals surface area contributed by atoms with Crippen LogP contribution in [0.5, 0.6) is 28.7 Å². The van der Waals surface area contributed by atoms with Gasteiger partial charge in [0.2, 0.25) is 5.75 Å². The lowest BCUT2D eigenvalue weighted by atomic mass is 9.82. The van der Waals surface area contributed by atoms with Crippen LogP contribution in [-0.4, -0.2) is 45.1 Å². The average molecular weight is 800 g/mol. The SMILES string of the molecule is Bc1c(O)c2c(c(O)c1C1=NC(c3ccc(C4C=CC=CC4)cc3C3=CC=CCC3)NC(c3ccccc3)=N1)Cc1c(O)c(O)c(O)c(-c3ccc(-c4ccccc4)cc3)c1-2. The minimum Gasteiger partial charge on any atom is -0.508 e. The first-order valence-corrected chi connectivity index (χ1v) is 20.6. The van der Waals surface area contributed by atoms with Gasteiger partial charge in [0, 0.05) is 51.3 Å². The first-order valence-electron chi connectivity index (χ1n) is 20.6. The second-order valence-electron chi connectivity index (χ2n) is 15.9. The van der Waals surface area contributed by atoms with Crippen molar-refractivity contribution in [3.8, 4) is 62.1 Å². The fraction of sp³-hybridized carbons (Fsp3) is 0.115. The molecule has 0 saturated carbocycles. The van der Waals surface area contributed by atoms with Gasteiger partial charge in [-0.2, -0.15) is 0 Å². The molecule has 6 aromatic rings. The molecule has 61 heavy (non-hydrogen) atoms. The number of allylic oxidation sites excluding steroid dienone is 8. The molecule has 0 spiro atoms. The number of phenols is 5. The first kappa shape index (κ1) is 37.7. The number of hydrogen-bond acceptors (Lipinski definition) is 8. The van der Waals surface area contributed by atoms with Gasteiger partial charge in [-0.15, -0.1) is 0 Å². The van der Waals surface area contributed by atoms with Crippen molar-refractivity contribution in [2.75, 3.05) is 0 Å². The summed E-state index contributed by atoms with van der Waals surface area (Å²) in [7, 11) is 1.71. The van der Waals surface area contributed by atoms with Crippen molar-refractivity contribution >= 4 is 30.6 Å². The fourth-order valence-corrected chi connectivity index (χ4v) is 9.18. The highest BCUT2D eigenvalue weighted by Crippen LogP contribution is 2.59. The lowest BCUT2D eigenvalue weighted by molar-refractivity contribution is 0.367. The molecule has 0 bridgehead atoms. The molecule has 0 fully saturated rings. The summed E-state index contributed by atoms with van der Waals surface area (Å²) in [5.41, 5.74) is 9.83. The lowest BCUT2D eigenvalue weighted by Crippen LogP contribution is -2.35. The van der Waals surface area contributed by atoms with E-state index in [-0.39, 0.29) is 51.9 Å². The molecule has 0 amide bonds. The highest BCUT2D eigenvalue weighted by molar-refractivity contribution is 6.41. The van der Waals surface area contributed by atoms with Gasteiger partial charge >= 0.3 is 0 Å². The average Bonchev–Trinajstić information content (AvgIpc) is 3.72. The van der Waals surface area contributed by atoms with E-state index in [0.29, 0.717) is 28.0 Å². The Morgan fingerprint density at radius 1 is 0.607 bits per heavy atom. The summed E-state index contributed by atoms with van der Waals surface area (Å²) in [6, 6.07) is 33.7. The molecule has 6 N–H and O–H groups in total. The van der Waals surface area contributed by atoms with Gasteiger partial charge in [0.15, 0.2) is 17.3 Å². The number of hydrogen-bond donors (Lipinski definition) is 6. The van der Waals surface area contributed by atoms with Crippen LogP contribution in [0.2, 0.25) is 0 Å². The van der Waals surface area contributed by atoms with Crippen LogP contribution in [0.1, 0.15) is 70.3 Å². The Kier molecular flexibility index (Phi) is 9.44. The molecule has 8 nitrogen and oxygen atoms in total. The standard InChI is InChI=1S/C52H42BN3O5/c53-44-43(45(57)39-28-38-41(42(39)47(44)59)40(48(60)49(61)46(38)58)33-23-21-31(22-24-33)29-13-5-1-6-14-29)52-55-50(34-19-11-4-12-20-34)54-51(56-52)36-26-25-35(30-15-7-2-8-16-30)27-37(36)32-17-9-3-10-18-32/h1-9,11-15,17,19-27,30,51,57-61H,10,16,18,28,53H2,(H,54,55,56). The summed E-state index contributed by atoms with van der Waals surface area (Å²) in [6.45, 7) is 0. The quantitative estimate of drug-likeness (QED) is 0.0541. The van der Waals surface area contributed by atoms with Crippen LogP contribution in [0.15, 0.2) is 156 Å². The van der Waals surface area contributed by atoms with Crippen LogP contribution in [0.3, 0.4) is 0 Å². The molecule has 0 saturated heterocycles. The van der Waals surface area contributed by atoms with Crippen molar-refractivity contribution in [1.29, 1.82) is 0 Å². The zero-order chi connectivity index (χ0) is 41.8. The third-order valence-electron chi connectivity index (χ3n) is 12.4. The van der Waals surface area contributed by atoms with E-state index < -0.39 is 23.4 Å².